The molecule has 0 heterocycles. The summed E-state index contributed by atoms with van der Waals surface area (Å²) in [6.07, 6.45) is 20.2. The summed E-state index contributed by atoms with van der Waals surface area (Å²) in [7, 11) is 0. The van der Waals surface area contributed by atoms with E-state index in [2.05, 4.69) is 11.7 Å². The van der Waals surface area contributed by atoms with Gasteiger partial charge in [0.2, 0.25) is 0 Å². The molecule has 0 radical (unpaired) electrons. The average Bonchev–Trinajstić information content (AvgIpc) is 2.50. The monoisotopic (exact) mass is 366 g/mol. The van der Waals surface area contributed by atoms with Crippen molar-refractivity contribution in [1.82, 2.24) is 0 Å². The third-order valence-corrected chi connectivity index (χ3v) is 4.38. The molecule has 0 unspecified atom stereocenters. The Kier molecular flexibility index (Phi) is 18.4. The van der Waals surface area contributed by atoms with Crippen LogP contribution in [0.25, 0.3) is 0 Å². The van der Waals surface area contributed by atoms with Crippen molar-refractivity contribution in [2.24, 2.45) is 0 Å². The van der Waals surface area contributed by atoms with Crippen molar-refractivity contribution in [2.45, 2.75) is 115 Å². The first kappa shape index (κ1) is 23.1. The number of halogens is 2. The fourth-order valence-electron chi connectivity index (χ4n) is 2.80. The molecule has 0 spiro atoms. The lowest BCUT2D eigenvalue weighted by Gasteiger charge is -2.05. The fourth-order valence-corrected chi connectivity index (χ4v) is 3.00. The topological polar surface area (TPSA) is 26.3 Å². The van der Waals surface area contributed by atoms with Gasteiger partial charge >= 0.3 is 5.97 Å². The molecule has 0 amide bonds. The summed E-state index contributed by atoms with van der Waals surface area (Å²) in [6, 6.07) is 0. The molecular formula is C19H36Cl2O2. The van der Waals surface area contributed by atoms with Crippen molar-refractivity contribution in [2.75, 3.05) is 0 Å². The van der Waals surface area contributed by atoms with Gasteiger partial charge in [-0.3, -0.25) is 4.79 Å². The second kappa shape index (κ2) is 18.4. The summed E-state index contributed by atoms with van der Waals surface area (Å²) in [4.78, 5) is 11.2. The van der Waals surface area contributed by atoms with Crippen LogP contribution in [0.1, 0.15) is 110 Å². The van der Waals surface area contributed by atoms with Gasteiger partial charge in [0.05, 0.1) is 0 Å². The molecular weight excluding hydrogens is 331 g/mol. The molecule has 0 rings (SSSR count). The molecule has 0 saturated heterocycles. The third kappa shape index (κ3) is 20.0. The predicted molar refractivity (Wildman–Crippen MR) is 101 cm³/mol. The van der Waals surface area contributed by atoms with Crippen LogP contribution in [0.4, 0.5) is 0 Å². The Balaban J connectivity index is 3.06. The van der Waals surface area contributed by atoms with E-state index in [1.807, 2.05) is 0 Å². The van der Waals surface area contributed by atoms with E-state index >= 15 is 0 Å². The number of hydrogen-bond donors (Lipinski definition) is 0. The molecule has 4 heteroatoms. The standard InChI is InChI=1S/C19H36Cl2O2/c1-2-3-4-5-6-7-8-9-10-11-12-13-14-15-16-17-18(22)23-19(20)21/h19H,2-17H2,1H3. The van der Waals surface area contributed by atoms with Gasteiger partial charge in [0.1, 0.15) is 0 Å². The Morgan fingerprint density at radius 3 is 1.39 bits per heavy atom. The highest BCUT2D eigenvalue weighted by atomic mass is 35.5. The molecule has 0 saturated carbocycles. The molecule has 0 aliphatic heterocycles. The number of esters is 1. The van der Waals surface area contributed by atoms with E-state index in [1.54, 1.807) is 0 Å². The van der Waals surface area contributed by atoms with Crippen molar-refractivity contribution in [1.29, 1.82) is 0 Å². The minimum Gasteiger partial charge on any atom is -0.431 e. The smallest absolute Gasteiger partial charge is 0.308 e. The highest BCUT2D eigenvalue weighted by Gasteiger charge is 2.06. The SMILES string of the molecule is CCCCCCCCCCCCCCCCCC(=O)OC(Cl)Cl. The summed E-state index contributed by atoms with van der Waals surface area (Å²) >= 11 is 10.7. The van der Waals surface area contributed by atoms with Crippen molar-refractivity contribution < 1.29 is 9.53 Å². The molecule has 138 valence electrons. The molecule has 0 aromatic heterocycles. The Labute approximate surface area is 153 Å². The van der Waals surface area contributed by atoms with Crippen LogP contribution in [0.2, 0.25) is 0 Å². The molecule has 0 atom stereocenters. The Morgan fingerprint density at radius 1 is 0.696 bits per heavy atom. The summed E-state index contributed by atoms with van der Waals surface area (Å²) in [5.74, 6) is -0.297. The zero-order chi connectivity index (χ0) is 17.2. The van der Waals surface area contributed by atoms with E-state index in [-0.39, 0.29) is 5.97 Å². The van der Waals surface area contributed by atoms with E-state index in [9.17, 15) is 4.79 Å². The molecule has 0 aromatic rings. The minimum atomic E-state index is -1.03. The highest BCUT2D eigenvalue weighted by molar-refractivity contribution is 6.43. The van der Waals surface area contributed by atoms with Gasteiger partial charge in [-0.1, -0.05) is 120 Å². The molecule has 0 N–H and O–H groups in total. The largest absolute Gasteiger partial charge is 0.431 e. The number of unbranched alkanes of at least 4 members (excludes halogenated alkanes) is 14. The van der Waals surface area contributed by atoms with Crippen molar-refractivity contribution >= 4 is 29.2 Å². The van der Waals surface area contributed by atoms with Crippen LogP contribution < -0.4 is 0 Å². The number of alkyl halides is 2. The summed E-state index contributed by atoms with van der Waals surface area (Å²) in [6.45, 7) is 2.27. The summed E-state index contributed by atoms with van der Waals surface area (Å²) in [5.41, 5.74) is 0. The predicted octanol–water partition coefficient (Wildman–Crippen LogP) is 7.55. The fraction of sp³-hybridized carbons (Fsp3) is 0.947. The second-order valence-electron chi connectivity index (χ2n) is 6.45. The molecule has 0 aliphatic carbocycles. The van der Waals surface area contributed by atoms with E-state index in [0.717, 1.165) is 12.8 Å². The first-order chi connectivity index (χ1) is 11.2. The lowest BCUT2D eigenvalue weighted by atomic mass is 10.0. The van der Waals surface area contributed by atoms with Crippen molar-refractivity contribution in [3.63, 3.8) is 0 Å². The Bertz CT molecular complexity index is 258. The van der Waals surface area contributed by atoms with E-state index in [4.69, 9.17) is 23.2 Å². The van der Waals surface area contributed by atoms with Crippen LogP contribution in [0, 0.1) is 0 Å². The molecule has 0 aliphatic rings. The van der Waals surface area contributed by atoms with Crippen LogP contribution in [-0.4, -0.2) is 11.0 Å². The molecule has 0 fully saturated rings. The normalized spacial score (nSPS) is 11.1. The highest BCUT2D eigenvalue weighted by Crippen LogP contribution is 2.14. The maximum Gasteiger partial charge on any atom is 0.308 e. The average molecular weight is 367 g/mol. The van der Waals surface area contributed by atoms with Crippen LogP contribution >= 0.6 is 23.2 Å². The Morgan fingerprint density at radius 2 is 1.04 bits per heavy atom. The lowest BCUT2D eigenvalue weighted by molar-refractivity contribution is -0.143. The number of ether oxygens (including phenoxy) is 1. The van der Waals surface area contributed by atoms with Gasteiger partial charge in [-0.2, -0.15) is 0 Å². The number of rotatable bonds is 17. The zero-order valence-electron chi connectivity index (χ0n) is 15.0. The maximum absolute atomic E-state index is 11.2. The van der Waals surface area contributed by atoms with Gasteiger partial charge in [0, 0.05) is 6.42 Å². The van der Waals surface area contributed by atoms with Crippen molar-refractivity contribution in [3.8, 4) is 0 Å². The van der Waals surface area contributed by atoms with Crippen LogP contribution in [0.15, 0.2) is 0 Å². The van der Waals surface area contributed by atoms with Gasteiger partial charge in [-0.05, 0) is 6.42 Å². The zero-order valence-corrected chi connectivity index (χ0v) is 16.5. The van der Waals surface area contributed by atoms with E-state index in [0.29, 0.717) is 6.42 Å². The first-order valence-electron chi connectivity index (χ1n) is 9.64. The first-order valence-corrected chi connectivity index (χ1v) is 10.5. The summed E-state index contributed by atoms with van der Waals surface area (Å²) in [5, 5.41) is -1.03. The van der Waals surface area contributed by atoms with Gasteiger partial charge in [-0.15, -0.1) is 0 Å². The molecule has 0 bridgehead atoms. The van der Waals surface area contributed by atoms with Crippen molar-refractivity contribution in [3.05, 3.63) is 0 Å². The third-order valence-electron chi connectivity index (χ3n) is 4.20. The maximum atomic E-state index is 11.2. The summed E-state index contributed by atoms with van der Waals surface area (Å²) < 4.78 is 4.66. The van der Waals surface area contributed by atoms with Gasteiger partial charge in [0.15, 0.2) is 0 Å². The number of carbonyl (C=O) groups is 1. The number of carbonyl (C=O) groups excluding carboxylic acids is 1. The second-order valence-corrected chi connectivity index (χ2v) is 7.47. The van der Waals surface area contributed by atoms with Crippen LogP contribution in [0.5, 0.6) is 0 Å². The Hall–Kier alpha value is 0.0500. The van der Waals surface area contributed by atoms with Gasteiger partial charge < -0.3 is 4.74 Å². The molecule has 2 nitrogen and oxygen atoms in total. The van der Waals surface area contributed by atoms with Gasteiger partial charge in [-0.25, -0.2) is 0 Å². The number of hydrogen-bond acceptors (Lipinski definition) is 2. The van der Waals surface area contributed by atoms with Gasteiger partial charge in [0.25, 0.3) is 5.02 Å². The quantitative estimate of drug-likeness (QED) is 0.151. The molecule has 23 heavy (non-hydrogen) atoms. The van der Waals surface area contributed by atoms with E-state index < -0.39 is 5.02 Å². The van der Waals surface area contributed by atoms with E-state index in [1.165, 1.54) is 83.5 Å². The van der Waals surface area contributed by atoms with Crippen LogP contribution in [-0.2, 0) is 9.53 Å². The minimum absolute atomic E-state index is 0.297. The lowest BCUT2D eigenvalue weighted by Crippen LogP contribution is -2.07. The molecule has 0 aromatic carbocycles. The van der Waals surface area contributed by atoms with Crippen LogP contribution in [0.3, 0.4) is 0 Å².